The molecule has 0 fully saturated rings. The van der Waals surface area contributed by atoms with Crippen LogP contribution >= 0.6 is 39.0 Å². The van der Waals surface area contributed by atoms with E-state index in [-0.39, 0.29) is 11.7 Å². The van der Waals surface area contributed by atoms with E-state index in [1.165, 1.54) is 11.8 Å². The molecule has 2 heterocycles. The molecule has 0 radical (unpaired) electrons. The number of amides is 2. The SMILES string of the molecule is Cc1nc(SCC(=O)NC(=O)c2ccc(Br)cc2)c2cc(-c3ccccc3)sc2n1. The molecule has 2 aromatic carbocycles. The number of fused-ring (bicyclic) bond motifs is 1. The van der Waals surface area contributed by atoms with Gasteiger partial charge >= 0.3 is 0 Å². The lowest BCUT2D eigenvalue weighted by Crippen LogP contribution is -2.31. The highest BCUT2D eigenvalue weighted by Gasteiger charge is 2.15. The van der Waals surface area contributed by atoms with Crippen molar-refractivity contribution in [3.05, 3.63) is 76.5 Å². The summed E-state index contributed by atoms with van der Waals surface area (Å²) in [7, 11) is 0. The first-order valence-corrected chi connectivity index (χ1v) is 11.7. The number of benzene rings is 2. The van der Waals surface area contributed by atoms with Crippen LogP contribution in [0.2, 0.25) is 0 Å². The zero-order valence-corrected chi connectivity index (χ0v) is 19.1. The lowest BCUT2D eigenvalue weighted by molar-refractivity contribution is -0.117. The number of nitrogens with zero attached hydrogens (tertiary/aromatic N) is 2. The second-order valence-corrected chi connectivity index (χ2v) is 9.35. The smallest absolute Gasteiger partial charge is 0.257 e. The fourth-order valence-corrected chi connectivity index (χ4v) is 5.08. The van der Waals surface area contributed by atoms with Crippen molar-refractivity contribution in [1.29, 1.82) is 0 Å². The highest BCUT2D eigenvalue weighted by Crippen LogP contribution is 2.36. The van der Waals surface area contributed by atoms with Gasteiger partial charge < -0.3 is 0 Å². The van der Waals surface area contributed by atoms with Crippen LogP contribution in [-0.4, -0.2) is 27.5 Å². The monoisotopic (exact) mass is 497 g/mol. The van der Waals surface area contributed by atoms with Crippen LogP contribution in [0.4, 0.5) is 0 Å². The molecule has 0 aliphatic rings. The minimum absolute atomic E-state index is 0.0876. The zero-order valence-electron chi connectivity index (χ0n) is 15.9. The van der Waals surface area contributed by atoms with Crippen LogP contribution in [0.25, 0.3) is 20.7 Å². The van der Waals surface area contributed by atoms with Gasteiger partial charge in [0.2, 0.25) is 5.91 Å². The molecule has 2 amide bonds. The maximum absolute atomic E-state index is 12.3. The number of nitrogens with one attached hydrogen (secondary N) is 1. The van der Waals surface area contributed by atoms with Crippen LogP contribution in [0.15, 0.2) is 70.2 Å². The summed E-state index contributed by atoms with van der Waals surface area (Å²) in [4.78, 5) is 35.6. The minimum Gasteiger partial charge on any atom is -0.292 e. The molecule has 0 spiro atoms. The van der Waals surface area contributed by atoms with Crippen molar-refractivity contribution >= 4 is 61.1 Å². The van der Waals surface area contributed by atoms with E-state index in [9.17, 15) is 9.59 Å². The lowest BCUT2D eigenvalue weighted by Gasteiger charge is -2.05. The third kappa shape index (κ3) is 4.77. The van der Waals surface area contributed by atoms with Gasteiger partial charge in [0.25, 0.3) is 5.91 Å². The van der Waals surface area contributed by atoms with E-state index in [0.29, 0.717) is 11.4 Å². The van der Waals surface area contributed by atoms with Crippen molar-refractivity contribution in [2.75, 3.05) is 5.75 Å². The van der Waals surface area contributed by atoms with Gasteiger partial charge in [-0.25, -0.2) is 9.97 Å². The van der Waals surface area contributed by atoms with Crippen molar-refractivity contribution in [3.63, 3.8) is 0 Å². The number of carbonyl (C=O) groups excluding carboxylic acids is 2. The molecule has 8 heteroatoms. The normalized spacial score (nSPS) is 10.9. The zero-order chi connectivity index (χ0) is 21.1. The number of rotatable bonds is 5. The van der Waals surface area contributed by atoms with E-state index < -0.39 is 5.91 Å². The summed E-state index contributed by atoms with van der Waals surface area (Å²) in [6, 6.07) is 19.0. The largest absolute Gasteiger partial charge is 0.292 e. The number of hydrogen-bond donors (Lipinski definition) is 1. The maximum atomic E-state index is 12.3. The Morgan fingerprint density at radius 2 is 1.80 bits per heavy atom. The van der Waals surface area contributed by atoms with E-state index in [1.807, 2.05) is 25.1 Å². The minimum atomic E-state index is -0.418. The summed E-state index contributed by atoms with van der Waals surface area (Å²) in [5.74, 6) is -0.0442. The molecular weight excluding hydrogens is 482 g/mol. The standard InChI is InChI=1S/C22H16BrN3O2S2/c1-13-24-21(17-11-18(30-22(17)25-13)14-5-3-2-4-6-14)29-12-19(27)26-20(28)15-7-9-16(23)10-8-15/h2-11H,12H2,1H3,(H,26,27,28). The molecule has 0 saturated carbocycles. The summed E-state index contributed by atoms with van der Waals surface area (Å²) < 4.78 is 0.870. The van der Waals surface area contributed by atoms with Gasteiger partial charge in [-0.1, -0.05) is 58.0 Å². The molecule has 2 aromatic heterocycles. The molecule has 0 aliphatic carbocycles. The molecule has 5 nitrogen and oxygen atoms in total. The summed E-state index contributed by atoms with van der Waals surface area (Å²) in [6.45, 7) is 1.84. The van der Waals surface area contributed by atoms with E-state index in [1.54, 1.807) is 35.6 Å². The molecule has 4 aromatic rings. The van der Waals surface area contributed by atoms with E-state index >= 15 is 0 Å². The predicted octanol–water partition coefficient (Wildman–Crippen LogP) is 5.48. The number of carbonyl (C=O) groups is 2. The Labute approximate surface area is 190 Å². The fraction of sp³-hybridized carbons (Fsp3) is 0.0909. The third-order valence-electron chi connectivity index (χ3n) is 4.23. The summed E-state index contributed by atoms with van der Waals surface area (Å²) in [5.41, 5.74) is 1.55. The van der Waals surface area contributed by atoms with Crippen LogP contribution in [0, 0.1) is 6.92 Å². The van der Waals surface area contributed by atoms with Crippen molar-refractivity contribution in [2.24, 2.45) is 0 Å². The second kappa shape index (κ2) is 9.07. The first-order valence-electron chi connectivity index (χ1n) is 9.06. The summed E-state index contributed by atoms with van der Waals surface area (Å²) in [5, 5.41) is 4.08. The number of hydrogen-bond acceptors (Lipinski definition) is 6. The van der Waals surface area contributed by atoms with E-state index in [2.05, 4.69) is 49.4 Å². The fourth-order valence-electron chi connectivity index (χ4n) is 2.82. The van der Waals surface area contributed by atoms with Gasteiger partial charge in [0.15, 0.2) is 0 Å². The Bertz CT molecular complexity index is 1220. The molecule has 0 saturated heterocycles. The van der Waals surface area contributed by atoms with Gasteiger partial charge in [0, 0.05) is 20.3 Å². The molecule has 150 valence electrons. The van der Waals surface area contributed by atoms with Crippen LogP contribution in [0.5, 0.6) is 0 Å². The first-order chi connectivity index (χ1) is 14.5. The molecule has 30 heavy (non-hydrogen) atoms. The average molecular weight is 498 g/mol. The van der Waals surface area contributed by atoms with Crippen molar-refractivity contribution in [1.82, 2.24) is 15.3 Å². The average Bonchev–Trinajstić information content (AvgIpc) is 3.17. The molecule has 1 N–H and O–H groups in total. The Morgan fingerprint density at radius 3 is 2.53 bits per heavy atom. The van der Waals surface area contributed by atoms with Gasteiger partial charge in [-0.3, -0.25) is 14.9 Å². The third-order valence-corrected chi connectivity index (χ3v) is 6.83. The van der Waals surface area contributed by atoms with Crippen LogP contribution in [-0.2, 0) is 4.79 Å². The quantitative estimate of drug-likeness (QED) is 0.292. The molecule has 0 aliphatic heterocycles. The first kappa shape index (κ1) is 20.7. The van der Waals surface area contributed by atoms with Crippen LogP contribution in [0.1, 0.15) is 16.2 Å². The Morgan fingerprint density at radius 1 is 1.07 bits per heavy atom. The van der Waals surface area contributed by atoms with Gasteiger partial charge in [-0.2, -0.15) is 0 Å². The predicted molar refractivity (Wildman–Crippen MR) is 125 cm³/mol. The number of thiophene rings is 1. The highest BCUT2D eigenvalue weighted by atomic mass is 79.9. The number of aromatic nitrogens is 2. The molecular formula is C22H16BrN3O2S2. The topological polar surface area (TPSA) is 72.0 Å². The lowest BCUT2D eigenvalue weighted by atomic mass is 10.2. The van der Waals surface area contributed by atoms with E-state index in [4.69, 9.17) is 0 Å². The number of halogens is 1. The van der Waals surface area contributed by atoms with Gasteiger partial charge in [0.1, 0.15) is 15.7 Å². The molecule has 0 bridgehead atoms. The Kier molecular flexibility index (Phi) is 6.26. The second-order valence-electron chi connectivity index (χ2n) is 6.44. The Balaban J connectivity index is 1.49. The van der Waals surface area contributed by atoms with Crippen molar-refractivity contribution in [3.8, 4) is 10.4 Å². The molecule has 0 unspecified atom stereocenters. The van der Waals surface area contributed by atoms with E-state index in [0.717, 1.165) is 30.2 Å². The van der Waals surface area contributed by atoms with Gasteiger partial charge in [-0.05, 0) is 42.8 Å². The van der Waals surface area contributed by atoms with Gasteiger partial charge in [0.05, 0.1) is 5.75 Å². The van der Waals surface area contributed by atoms with Crippen LogP contribution in [0.3, 0.4) is 0 Å². The molecule has 0 atom stereocenters. The molecule has 4 rings (SSSR count). The van der Waals surface area contributed by atoms with Gasteiger partial charge in [-0.15, -0.1) is 11.3 Å². The van der Waals surface area contributed by atoms with Crippen molar-refractivity contribution < 1.29 is 9.59 Å². The number of aryl methyl sites for hydroxylation is 1. The number of thioether (sulfide) groups is 1. The van der Waals surface area contributed by atoms with Crippen LogP contribution < -0.4 is 5.32 Å². The van der Waals surface area contributed by atoms with Crippen molar-refractivity contribution in [2.45, 2.75) is 11.9 Å². The number of imide groups is 1. The maximum Gasteiger partial charge on any atom is 0.257 e. The summed E-state index contributed by atoms with van der Waals surface area (Å²) >= 11 is 6.23. The highest BCUT2D eigenvalue weighted by molar-refractivity contribution is 9.10. The Hall–Kier alpha value is -2.55. The summed E-state index contributed by atoms with van der Waals surface area (Å²) in [6.07, 6.45) is 0.